The number of rotatable bonds is 4. The van der Waals surface area contributed by atoms with E-state index < -0.39 is 0 Å². The summed E-state index contributed by atoms with van der Waals surface area (Å²) in [4.78, 5) is 20.9. The molecule has 118 valence electrons. The normalized spacial score (nSPS) is 17.0. The van der Waals surface area contributed by atoms with Gasteiger partial charge in [-0.2, -0.15) is 0 Å². The zero-order valence-corrected chi connectivity index (χ0v) is 13.2. The highest BCUT2D eigenvalue weighted by Crippen LogP contribution is 2.12. The summed E-state index contributed by atoms with van der Waals surface area (Å²) in [6, 6.07) is 3.60. The van der Waals surface area contributed by atoms with E-state index in [9.17, 15) is 4.79 Å². The minimum atomic E-state index is -0.317. The van der Waals surface area contributed by atoms with Gasteiger partial charge in [-0.3, -0.25) is 0 Å². The number of carbonyl (C=O) groups excluding carboxylic acids is 1. The third-order valence-corrected chi connectivity index (χ3v) is 4.28. The van der Waals surface area contributed by atoms with E-state index in [4.69, 9.17) is 4.74 Å². The number of fused-ring (bicyclic) bond motifs is 1. The quantitative estimate of drug-likeness (QED) is 0.786. The van der Waals surface area contributed by atoms with Crippen molar-refractivity contribution in [2.45, 2.75) is 6.42 Å². The number of likely N-dealkylation sites (N-methyl/N-ethyl adjacent to an activating group) is 1. The number of pyridine rings is 1. The topological polar surface area (TPSA) is 50.1 Å². The van der Waals surface area contributed by atoms with Gasteiger partial charge < -0.3 is 18.9 Å². The van der Waals surface area contributed by atoms with E-state index in [1.54, 1.807) is 6.07 Å². The number of esters is 1. The highest BCUT2D eigenvalue weighted by Gasteiger charge is 2.15. The third-order valence-electron chi connectivity index (χ3n) is 4.28. The molecule has 6 heteroatoms. The van der Waals surface area contributed by atoms with Crippen LogP contribution in [0.3, 0.4) is 0 Å². The summed E-state index contributed by atoms with van der Waals surface area (Å²) in [5, 5.41) is 0. The number of hydrogen-bond donors (Lipinski definition) is 0. The Bertz CT molecular complexity index is 659. The van der Waals surface area contributed by atoms with Crippen LogP contribution in [0.25, 0.3) is 5.52 Å². The molecule has 1 aliphatic heterocycles. The zero-order valence-electron chi connectivity index (χ0n) is 13.2. The number of imidazole rings is 1. The monoisotopic (exact) mass is 302 g/mol. The summed E-state index contributed by atoms with van der Waals surface area (Å²) in [5.41, 5.74) is 1.48. The Morgan fingerprint density at radius 3 is 2.82 bits per heavy atom. The van der Waals surface area contributed by atoms with Crippen LogP contribution in [0.2, 0.25) is 0 Å². The van der Waals surface area contributed by atoms with Gasteiger partial charge in [0.05, 0.1) is 24.4 Å². The smallest absolute Gasteiger partial charge is 0.337 e. The zero-order chi connectivity index (χ0) is 15.5. The minimum absolute atomic E-state index is 0.317. The molecule has 0 aliphatic carbocycles. The number of aromatic nitrogens is 2. The molecule has 0 N–H and O–H groups in total. The summed E-state index contributed by atoms with van der Waals surface area (Å²) in [6.07, 6.45) is 4.62. The van der Waals surface area contributed by atoms with Crippen LogP contribution in [0.15, 0.2) is 24.5 Å². The average molecular weight is 302 g/mol. The van der Waals surface area contributed by atoms with E-state index in [2.05, 4.69) is 21.8 Å². The first-order valence-electron chi connectivity index (χ1n) is 7.62. The van der Waals surface area contributed by atoms with Crippen LogP contribution in [-0.4, -0.2) is 72.0 Å². The molecule has 0 unspecified atom stereocenters. The number of nitrogens with zero attached hydrogens (tertiary/aromatic N) is 4. The SMILES string of the molecule is COC(=O)c1ccn2c(CCN3CCN(C)CC3)ncc2c1. The van der Waals surface area contributed by atoms with Gasteiger partial charge in [-0.25, -0.2) is 9.78 Å². The molecule has 22 heavy (non-hydrogen) atoms. The lowest BCUT2D eigenvalue weighted by Gasteiger charge is -2.32. The number of ether oxygens (including phenoxy) is 1. The van der Waals surface area contributed by atoms with Crippen molar-refractivity contribution in [3.8, 4) is 0 Å². The van der Waals surface area contributed by atoms with Gasteiger partial charge in [0.15, 0.2) is 0 Å². The van der Waals surface area contributed by atoms with Gasteiger partial charge in [0.1, 0.15) is 5.82 Å². The van der Waals surface area contributed by atoms with Crippen molar-refractivity contribution in [3.05, 3.63) is 35.9 Å². The van der Waals surface area contributed by atoms with Crippen molar-refractivity contribution in [1.29, 1.82) is 0 Å². The lowest BCUT2D eigenvalue weighted by molar-refractivity contribution is 0.0600. The van der Waals surface area contributed by atoms with Crippen molar-refractivity contribution in [2.24, 2.45) is 0 Å². The van der Waals surface area contributed by atoms with E-state index in [-0.39, 0.29) is 5.97 Å². The number of piperazine rings is 1. The van der Waals surface area contributed by atoms with Crippen molar-refractivity contribution < 1.29 is 9.53 Å². The van der Waals surface area contributed by atoms with Gasteiger partial charge in [-0.1, -0.05) is 0 Å². The van der Waals surface area contributed by atoms with Crippen LogP contribution in [0.4, 0.5) is 0 Å². The van der Waals surface area contributed by atoms with Crippen LogP contribution in [0.1, 0.15) is 16.2 Å². The summed E-state index contributed by atoms with van der Waals surface area (Å²) in [5.74, 6) is 0.716. The van der Waals surface area contributed by atoms with Crippen LogP contribution >= 0.6 is 0 Å². The molecular formula is C16H22N4O2. The molecule has 0 saturated carbocycles. The first kappa shape index (κ1) is 15.0. The molecule has 0 spiro atoms. The molecule has 3 rings (SSSR count). The van der Waals surface area contributed by atoms with Crippen LogP contribution < -0.4 is 0 Å². The van der Waals surface area contributed by atoms with Gasteiger partial charge in [-0.15, -0.1) is 0 Å². The highest BCUT2D eigenvalue weighted by molar-refractivity contribution is 5.90. The summed E-state index contributed by atoms with van der Waals surface area (Å²) < 4.78 is 6.79. The maximum absolute atomic E-state index is 11.6. The predicted octanol–water partition coefficient (Wildman–Crippen LogP) is 0.911. The van der Waals surface area contributed by atoms with Crippen molar-refractivity contribution in [1.82, 2.24) is 19.2 Å². The minimum Gasteiger partial charge on any atom is -0.465 e. The third kappa shape index (κ3) is 3.13. The molecule has 1 fully saturated rings. The van der Waals surface area contributed by atoms with Crippen LogP contribution in [0.5, 0.6) is 0 Å². The molecule has 0 amide bonds. The van der Waals surface area contributed by atoms with E-state index in [0.29, 0.717) is 5.56 Å². The Labute approximate surface area is 130 Å². The molecule has 0 bridgehead atoms. The maximum Gasteiger partial charge on any atom is 0.337 e. The van der Waals surface area contributed by atoms with Crippen molar-refractivity contribution >= 4 is 11.5 Å². The molecule has 0 atom stereocenters. The maximum atomic E-state index is 11.6. The van der Waals surface area contributed by atoms with Crippen LogP contribution in [-0.2, 0) is 11.2 Å². The fourth-order valence-corrected chi connectivity index (χ4v) is 2.81. The van der Waals surface area contributed by atoms with Gasteiger partial charge in [0.2, 0.25) is 0 Å². The molecule has 6 nitrogen and oxygen atoms in total. The second-order valence-corrected chi connectivity index (χ2v) is 5.77. The highest BCUT2D eigenvalue weighted by atomic mass is 16.5. The molecule has 1 saturated heterocycles. The Morgan fingerprint density at radius 2 is 2.09 bits per heavy atom. The molecule has 1 aliphatic rings. The van der Waals surface area contributed by atoms with Gasteiger partial charge in [0, 0.05) is 45.3 Å². The molecule has 0 radical (unpaired) electrons. The number of methoxy groups -OCH3 is 1. The standard InChI is InChI=1S/C16H22N4O2/c1-18-7-9-19(10-8-18)5-4-15-17-12-14-11-13(16(21)22-2)3-6-20(14)15/h3,6,11-12H,4-5,7-10H2,1-2H3. The van der Waals surface area contributed by atoms with E-state index in [1.807, 2.05) is 22.9 Å². The average Bonchev–Trinajstić information content (AvgIpc) is 2.96. The van der Waals surface area contributed by atoms with Crippen molar-refractivity contribution in [2.75, 3.05) is 46.9 Å². The Balaban J connectivity index is 1.68. The summed E-state index contributed by atoms with van der Waals surface area (Å²) in [7, 11) is 3.56. The second kappa shape index (κ2) is 6.46. The Kier molecular flexibility index (Phi) is 4.40. The number of carbonyl (C=O) groups is 1. The van der Waals surface area contributed by atoms with Gasteiger partial charge in [-0.05, 0) is 19.2 Å². The first-order valence-corrected chi connectivity index (χ1v) is 7.62. The second-order valence-electron chi connectivity index (χ2n) is 5.77. The lowest BCUT2D eigenvalue weighted by atomic mass is 10.2. The molecule has 0 aromatic carbocycles. The van der Waals surface area contributed by atoms with E-state index in [0.717, 1.165) is 50.5 Å². The lowest BCUT2D eigenvalue weighted by Crippen LogP contribution is -2.45. The van der Waals surface area contributed by atoms with Crippen molar-refractivity contribution in [3.63, 3.8) is 0 Å². The Hall–Kier alpha value is -1.92. The predicted molar refractivity (Wildman–Crippen MR) is 84.2 cm³/mol. The van der Waals surface area contributed by atoms with E-state index in [1.165, 1.54) is 7.11 Å². The number of hydrogen-bond acceptors (Lipinski definition) is 5. The first-order chi connectivity index (χ1) is 10.7. The fraction of sp³-hybridized carbons (Fsp3) is 0.500. The molecular weight excluding hydrogens is 280 g/mol. The summed E-state index contributed by atoms with van der Waals surface area (Å²) >= 11 is 0. The fourth-order valence-electron chi connectivity index (χ4n) is 2.81. The van der Waals surface area contributed by atoms with Gasteiger partial charge in [0.25, 0.3) is 0 Å². The Morgan fingerprint density at radius 1 is 1.32 bits per heavy atom. The van der Waals surface area contributed by atoms with Crippen LogP contribution in [0, 0.1) is 0 Å². The molecule has 3 heterocycles. The van der Waals surface area contributed by atoms with Gasteiger partial charge >= 0.3 is 5.97 Å². The molecule has 2 aromatic rings. The largest absolute Gasteiger partial charge is 0.465 e. The molecule has 2 aromatic heterocycles. The van der Waals surface area contributed by atoms with E-state index >= 15 is 0 Å². The summed E-state index contributed by atoms with van der Waals surface area (Å²) in [6.45, 7) is 5.51.